The van der Waals surface area contributed by atoms with Crippen molar-refractivity contribution >= 4 is 0 Å². The third kappa shape index (κ3) is 2.90. The molecule has 2 saturated heterocycles. The predicted molar refractivity (Wildman–Crippen MR) is 87.7 cm³/mol. The van der Waals surface area contributed by atoms with Crippen molar-refractivity contribution in [3.8, 4) is 0 Å². The van der Waals surface area contributed by atoms with Crippen LogP contribution in [0.4, 0.5) is 0 Å². The number of aliphatic hydroxyl groups is 1. The molecule has 23 heavy (non-hydrogen) atoms. The summed E-state index contributed by atoms with van der Waals surface area (Å²) in [5, 5.41) is 11.2. The average Bonchev–Trinajstić information content (AvgIpc) is 2.58. The molecule has 2 aromatic rings. The minimum atomic E-state index is -0.840. The van der Waals surface area contributed by atoms with E-state index in [4.69, 9.17) is 4.74 Å². The molecule has 2 atom stereocenters. The molecule has 0 radical (unpaired) electrons. The van der Waals surface area contributed by atoms with E-state index in [-0.39, 0.29) is 12.1 Å². The molecule has 2 bridgehead atoms. The Morgan fingerprint density at radius 1 is 1.04 bits per heavy atom. The van der Waals surface area contributed by atoms with E-state index in [1.165, 1.54) is 5.56 Å². The SMILES string of the molecule is OC1(c2ccccn2)CC2COCC(C1)N2Cc1ccccc1. The number of piperidine rings is 1. The lowest BCUT2D eigenvalue weighted by molar-refractivity contribution is -0.150. The van der Waals surface area contributed by atoms with E-state index in [2.05, 4.69) is 34.1 Å². The predicted octanol–water partition coefficient (Wildman–Crippen LogP) is 2.33. The third-order valence-electron chi connectivity index (χ3n) is 5.05. The fourth-order valence-electron chi connectivity index (χ4n) is 3.94. The van der Waals surface area contributed by atoms with Crippen LogP contribution in [0.2, 0.25) is 0 Å². The van der Waals surface area contributed by atoms with Gasteiger partial charge in [0.05, 0.1) is 18.9 Å². The van der Waals surface area contributed by atoms with Gasteiger partial charge in [-0.3, -0.25) is 9.88 Å². The molecule has 1 aromatic carbocycles. The second kappa shape index (κ2) is 6.04. The summed E-state index contributed by atoms with van der Waals surface area (Å²) in [6.07, 6.45) is 3.11. The van der Waals surface area contributed by atoms with Gasteiger partial charge in [-0.1, -0.05) is 36.4 Å². The van der Waals surface area contributed by atoms with Crippen molar-refractivity contribution in [3.63, 3.8) is 0 Å². The molecule has 2 aliphatic rings. The topological polar surface area (TPSA) is 45.6 Å². The maximum Gasteiger partial charge on any atom is 0.110 e. The van der Waals surface area contributed by atoms with E-state index in [0.29, 0.717) is 26.1 Å². The maximum absolute atomic E-state index is 11.2. The molecule has 0 saturated carbocycles. The highest BCUT2D eigenvalue weighted by atomic mass is 16.5. The van der Waals surface area contributed by atoms with Crippen LogP contribution in [-0.2, 0) is 16.9 Å². The smallest absolute Gasteiger partial charge is 0.110 e. The highest BCUT2D eigenvalue weighted by Gasteiger charge is 2.47. The van der Waals surface area contributed by atoms with Crippen molar-refractivity contribution < 1.29 is 9.84 Å². The quantitative estimate of drug-likeness (QED) is 0.945. The van der Waals surface area contributed by atoms with Crippen LogP contribution >= 0.6 is 0 Å². The zero-order valence-electron chi connectivity index (χ0n) is 13.1. The largest absolute Gasteiger partial charge is 0.383 e. The molecule has 1 N–H and O–H groups in total. The van der Waals surface area contributed by atoms with Gasteiger partial charge in [0.1, 0.15) is 5.60 Å². The van der Waals surface area contributed by atoms with Gasteiger partial charge in [-0.25, -0.2) is 0 Å². The second-order valence-electron chi connectivity index (χ2n) is 6.66. The highest BCUT2D eigenvalue weighted by molar-refractivity contribution is 5.19. The third-order valence-corrected chi connectivity index (χ3v) is 5.05. The van der Waals surface area contributed by atoms with Crippen LogP contribution in [0.3, 0.4) is 0 Å². The summed E-state index contributed by atoms with van der Waals surface area (Å²) in [7, 11) is 0. The molecule has 120 valence electrons. The normalized spacial score (nSPS) is 31.0. The van der Waals surface area contributed by atoms with Gasteiger partial charge in [0.2, 0.25) is 0 Å². The molecule has 2 fully saturated rings. The van der Waals surface area contributed by atoms with Gasteiger partial charge in [0.25, 0.3) is 0 Å². The van der Waals surface area contributed by atoms with Crippen molar-refractivity contribution in [2.24, 2.45) is 0 Å². The minimum absolute atomic E-state index is 0.231. The molecule has 4 nitrogen and oxygen atoms in total. The Kier molecular flexibility index (Phi) is 3.89. The number of morpholine rings is 1. The van der Waals surface area contributed by atoms with Gasteiger partial charge in [-0.05, 0) is 30.5 Å². The van der Waals surface area contributed by atoms with Crippen molar-refractivity contribution in [1.82, 2.24) is 9.88 Å². The van der Waals surface area contributed by atoms with Crippen LogP contribution in [0.25, 0.3) is 0 Å². The van der Waals surface area contributed by atoms with Gasteiger partial charge in [0.15, 0.2) is 0 Å². The van der Waals surface area contributed by atoms with Gasteiger partial charge < -0.3 is 9.84 Å². The zero-order valence-corrected chi connectivity index (χ0v) is 13.1. The van der Waals surface area contributed by atoms with Crippen LogP contribution in [-0.4, -0.2) is 40.3 Å². The summed E-state index contributed by atoms with van der Waals surface area (Å²) in [4.78, 5) is 6.90. The Bertz CT molecular complexity index is 633. The Morgan fingerprint density at radius 2 is 1.74 bits per heavy atom. The van der Waals surface area contributed by atoms with Crippen molar-refractivity contribution in [2.75, 3.05) is 13.2 Å². The molecule has 1 aromatic heterocycles. The molecule has 2 aliphatic heterocycles. The van der Waals surface area contributed by atoms with Gasteiger partial charge >= 0.3 is 0 Å². The molecule has 4 rings (SSSR count). The first kappa shape index (κ1) is 14.8. The fraction of sp³-hybridized carbons (Fsp3) is 0.421. The first-order valence-electron chi connectivity index (χ1n) is 8.26. The zero-order chi connectivity index (χ0) is 15.7. The lowest BCUT2D eigenvalue weighted by Gasteiger charge is -2.51. The van der Waals surface area contributed by atoms with Gasteiger partial charge in [0, 0.05) is 24.8 Å². The molecule has 0 amide bonds. The molecule has 4 heteroatoms. The number of aromatic nitrogens is 1. The molecular formula is C19H22N2O2. The van der Waals surface area contributed by atoms with Gasteiger partial charge in [-0.2, -0.15) is 0 Å². The fourth-order valence-corrected chi connectivity index (χ4v) is 3.94. The average molecular weight is 310 g/mol. The molecular weight excluding hydrogens is 288 g/mol. The number of hydrogen-bond donors (Lipinski definition) is 1. The monoisotopic (exact) mass is 310 g/mol. The molecule has 0 spiro atoms. The summed E-state index contributed by atoms with van der Waals surface area (Å²) in [6, 6.07) is 16.8. The van der Waals surface area contributed by atoms with E-state index < -0.39 is 5.60 Å². The molecule has 2 unspecified atom stereocenters. The number of pyridine rings is 1. The number of benzene rings is 1. The standard InChI is InChI=1S/C19H22N2O2/c22-19(18-8-4-5-9-20-18)10-16-13-23-14-17(11-19)21(16)12-15-6-2-1-3-7-15/h1-9,16-17,22H,10-14H2. The number of nitrogens with zero attached hydrogens (tertiary/aromatic N) is 2. The van der Waals surface area contributed by atoms with E-state index in [1.807, 2.05) is 24.3 Å². The summed E-state index contributed by atoms with van der Waals surface area (Å²) in [5.74, 6) is 0. The minimum Gasteiger partial charge on any atom is -0.383 e. The van der Waals surface area contributed by atoms with E-state index in [1.54, 1.807) is 6.20 Å². The number of rotatable bonds is 3. The number of fused-ring (bicyclic) bond motifs is 2. The lowest BCUT2D eigenvalue weighted by atomic mass is 9.78. The lowest BCUT2D eigenvalue weighted by Crippen LogP contribution is -2.60. The van der Waals surface area contributed by atoms with Crippen LogP contribution in [0.5, 0.6) is 0 Å². The van der Waals surface area contributed by atoms with Crippen molar-refractivity contribution in [3.05, 3.63) is 66.0 Å². The summed E-state index contributed by atoms with van der Waals surface area (Å²) >= 11 is 0. The Labute approximate surface area is 136 Å². The van der Waals surface area contributed by atoms with Gasteiger partial charge in [-0.15, -0.1) is 0 Å². The Morgan fingerprint density at radius 3 is 2.39 bits per heavy atom. The molecule has 3 heterocycles. The van der Waals surface area contributed by atoms with Crippen LogP contribution in [0, 0.1) is 0 Å². The van der Waals surface area contributed by atoms with Crippen LogP contribution in [0.15, 0.2) is 54.7 Å². The Balaban J connectivity index is 1.57. The second-order valence-corrected chi connectivity index (χ2v) is 6.66. The van der Waals surface area contributed by atoms with Crippen molar-refractivity contribution in [1.29, 1.82) is 0 Å². The van der Waals surface area contributed by atoms with E-state index in [0.717, 1.165) is 12.2 Å². The summed E-state index contributed by atoms with van der Waals surface area (Å²) in [5.41, 5.74) is 1.26. The van der Waals surface area contributed by atoms with Crippen molar-refractivity contribution in [2.45, 2.75) is 37.1 Å². The summed E-state index contributed by atoms with van der Waals surface area (Å²) < 4.78 is 5.76. The first-order chi connectivity index (χ1) is 11.2. The first-order valence-corrected chi connectivity index (χ1v) is 8.26. The van der Waals surface area contributed by atoms with Crippen LogP contribution in [0.1, 0.15) is 24.1 Å². The van der Waals surface area contributed by atoms with Crippen LogP contribution < -0.4 is 0 Å². The number of hydrogen-bond acceptors (Lipinski definition) is 4. The molecule has 0 aliphatic carbocycles. The highest BCUT2D eigenvalue weighted by Crippen LogP contribution is 2.40. The Hall–Kier alpha value is -1.75. The number of ether oxygens (including phenoxy) is 1. The van der Waals surface area contributed by atoms with E-state index >= 15 is 0 Å². The van der Waals surface area contributed by atoms with E-state index in [9.17, 15) is 5.11 Å². The maximum atomic E-state index is 11.2. The summed E-state index contributed by atoms with van der Waals surface area (Å²) in [6.45, 7) is 2.27.